The third kappa shape index (κ3) is 2.46. The lowest BCUT2D eigenvalue weighted by atomic mass is 10.1. The first-order valence-electron chi connectivity index (χ1n) is 5.02. The van der Waals surface area contributed by atoms with Crippen LogP contribution < -0.4 is 5.73 Å². The van der Waals surface area contributed by atoms with Crippen molar-refractivity contribution in [2.45, 2.75) is 18.9 Å². The summed E-state index contributed by atoms with van der Waals surface area (Å²) in [6.07, 6.45) is 5.71. The average molecular weight is 221 g/mol. The van der Waals surface area contributed by atoms with Crippen molar-refractivity contribution in [1.82, 2.24) is 9.55 Å². The summed E-state index contributed by atoms with van der Waals surface area (Å²) in [5.74, 6) is 0.964. The van der Waals surface area contributed by atoms with Crippen LogP contribution in [0, 0.1) is 0 Å². The molecule has 0 spiro atoms. The number of aryl methyl sites for hydroxylation is 2. The Morgan fingerprint density at radius 1 is 1.60 bits per heavy atom. The Kier molecular flexibility index (Phi) is 3.18. The first-order valence-corrected chi connectivity index (χ1v) is 5.90. The van der Waals surface area contributed by atoms with Gasteiger partial charge in [-0.1, -0.05) is 6.07 Å². The fourth-order valence-electron chi connectivity index (χ4n) is 1.62. The quantitative estimate of drug-likeness (QED) is 0.859. The van der Waals surface area contributed by atoms with E-state index in [1.165, 1.54) is 4.88 Å². The monoisotopic (exact) mass is 221 g/mol. The van der Waals surface area contributed by atoms with E-state index in [9.17, 15) is 0 Å². The van der Waals surface area contributed by atoms with Gasteiger partial charge in [-0.15, -0.1) is 11.3 Å². The van der Waals surface area contributed by atoms with Crippen LogP contribution in [0.2, 0.25) is 0 Å². The van der Waals surface area contributed by atoms with Gasteiger partial charge in [0.05, 0.1) is 6.04 Å². The van der Waals surface area contributed by atoms with Crippen LogP contribution in [0.1, 0.15) is 23.2 Å². The van der Waals surface area contributed by atoms with Gasteiger partial charge in [0.2, 0.25) is 0 Å². The summed E-state index contributed by atoms with van der Waals surface area (Å²) < 4.78 is 1.99. The Balaban J connectivity index is 1.93. The molecule has 2 heterocycles. The molecule has 2 rings (SSSR count). The van der Waals surface area contributed by atoms with Crippen LogP contribution in [-0.4, -0.2) is 9.55 Å². The van der Waals surface area contributed by atoms with Gasteiger partial charge < -0.3 is 10.3 Å². The van der Waals surface area contributed by atoms with Gasteiger partial charge in [0.15, 0.2) is 0 Å². The normalized spacial score (nSPS) is 12.9. The summed E-state index contributed by atoms with van der Waals surface area (Å²) in [6, 6.07) is 4.26. The summed E-state index contributed by atoms with van der Waals surface area (Å²) >= 11 is 1.78. The van der Waals surface area contributed by atoms with E-state index < -0.39 is 0 Å². The summed E-state index contributed by atoms with van der Waals surface area (Å²) in [4.78, 5) is 5.65. The van der Waals surface area contributed by atoms with Gasteiger partial charge in [0.25, 0.3) is 0 Å². The number of aromatic nitrogens is 2. The molecule has 0 radical (unpaired) electrons. The molecule has 0 amide bonds. The summed E-state index contributed by atoms with van der Waals surface area (Å²) in [5.41, 5.74) is 6.08. The molecule has 0 bridgehead atoms. The second kappa shape index (κ2) is 4.59. The van der Waals surface area contributed by atoms with Crippen molar-refractivity contribution in [2.75, 3.05) is 0 Å². The van der Waals surface area contributed by atoms with Gasteiger partial charge in [0, 0.05) is 24.3 Å². The maximum atomic E-state index is 6.08. The van der Waals surface area contributed by atoms with Gasteiger partial charge in [-0.2, -0.15) is 0 Å². The van der Waals surface area contributed by atoms with Gasteiger partial charge in [-0.05, 0) is 24.3 Å². The van der Waals surface area contributed by atoms with E-state index in [-0.39, 0.29) is 6.04 Å². The van der Waals surface area contributed by atoms with Crippen molar-refractivity contribution in [3.8, 4) is 0 Å². The SMILES string of the molecule is Cn1ccnc1C(N)CCc1cccs1. The second-order valence-corrected chi connectivity index (χ2v) is 4.65. The molecule has 0 aliphatic heterocycles. The van der Waals surface area contributed by atoms with Gasteiger partial charge in [-0.25, -0.2) is 4.98 Å². The van der Waals surface area contributed by atoms with Crippen molar-refractivity contribution < 1.29 is 0 Å². The fraction of sp³-hybridized carbons (Fsp3) is 0.364. The third-order valence-corrected chi connectivity index (χ3v) is 3.41. The highest BCUT2D eigenvalue weighted by Crippen LogP contribution is 2.17. The van der Waals surface area contributed by atoms with E-state index in [1.54, 1.807) is 17.5 Å². The molecular weight excluding hydrogens is 206 g/mol. The number of hydrogen-bond acceptors (Lipinski definition) is 3. The molecule has 1 atom stereocenters. The maximum absolute atomic E-state index is 6.08. The number of nitrogens with zero attached hydrogens (tertiary/aromatic N) is 2. The van der Waals surface area contributed by atoms with Crippen LogP contribution in [0.4, 0.5) is 0 Å². The van der Waals surface area contributed by atoms with Crippen LogP contribution in [0.5, 0.6) is 0 Å². The van der Waals surface area contributed by atoms with Gasteiger partial charge in [0.1, 0.15) is 5.82 Å². The molecule has 0 aliphatic carbocycles. The summed E-state index contributed by atoms with van der Waals surface area (Å²) in [6.45, 7) is 0. The predicted octanol–water partition coefficient (Wildman–Crippen LogP) is 2.11. The zero-order valence-electron chi connectivity index (χ0n) is 8.76. The molecule has 0 saturated carbocycles. The first kappa shape index (κ1) is 10.4. The molecule has 2 N–H and O–H groups in total. The summed E-state index contributed by atoms with van der Waals surface area (Å²) in [5, 5.41) is 2.10. The Morgan fingerprint density at radius 3 is 3.07 bits per heavy atom. The molecule has 2 aromatic heterocycles. The first-order chi connectivity index (χ1) is 7.27. The van der Waals surface area contributed by atoms with Crippen molar-refractivity contribution >= 4 is 11.3 Å². The van der Waals surface area contributed by atoms with Crippen molar-refractivity contribution in [3.63, 3.8) is 0 Å². The van der Waals surface area contributed by atoms with Gasteiger partial charge >= 0.3 is 0 Å². The van der Waals surface area contributed by atoms with Crippen LogP contribution in [0.25, 0.3) is 0 Å². The predicted molar refractivity (Wildman–Crippen MR) is 62.8 cm³/mol. The van der Waals surface area contributed by atoms with E-state index in [0.29, 0.717) is 0 Å². The van der Waals surface area contributed by atoms with Crippen LogP contribution in [0.15, 0.2) is 29.9 Å². The molecule has 80 valence electrons. The van der Waals surface area contributed by atoms with E-state index in [0.717, 1.165) is 18.7 Å². The van der Waals surface area contributed by atoms with E-state index in [4.69, 9.17) is 5.73 Å². The average Bonchev–Trinajstić information content (AvgIpc) is 2.84. The topological polar surface area (TPSA) is 43.8 Å². The highest BCUT2D eigenvalue weighted by atomic mass is 32.1. The fourth-order valence-corrected chi connectivity index (χ4v) is 2.34. The van der Waals surface area contributed by atoms with Crippen molar-refractivity contribution in [1.29, 1.82) is 0 Å². The number of hydrogen-bond donors (Lipinski definition) is 1. The zero-order valence-corrected chi connectivity index (χ0v) is 9.57. The Bertz CT molecular complexity index is 405. The van der Waals surface area contributed by atoms with Crippen LogP contribution in [0.3, 0.4) is 0 Å². The molecule has 3 nitrogen and oxygen atoms in total. The highest BCUT2D eigenvalue weighted by molar-refractivity contribution is 7.09. The number of rotatable bonds is 4. The molecule has 4 heteroatoms. The largest absolute Gasteiger partial charge is 0.337 e. The van der Waals surface area contributed by atoms with E-state index >= 15 is 0 Å². The Hall–Kier alpha value is -1.13. The lowest BCUT2D eigenvalue weighted by Gasteiger charge is -2.10. The van der Waals surface area contributed by atoms with Gasteiger partial charge in [-0.3, -0.25) is 0 Å². The lowest BCUT2D eigenvalue weighted by Crippen LogP contribution is -2.15. The van der Waals surface area contributed by atoms with Crippen LogP contribution >= 0.6 is 11.3 Å². The van der Waals surface area contributed by atoms with E-state index in [1.807, 2.05) is 17.8 Å². The number of thiophene rings is 1. The highest BCUT2D eigenvalue weighted by Gasteiger charge is 2.10. The molecule has 0 aromatic carbocycles. The molecule has 15 heavy (non-hydrogen) atoms. The standard InChI is InChI=1S/C11H15N3S/c1-14-7-6-13-11(14)10(12)5-4-9-3-2-8-15-9/h2-3,6-8,10H,4-5,12H2,1H3. The minimum atomic E-state index is 0.0344. The molecule has 0 saturated heterocycles. The molecule has 0 fully saturated rings. The second-order valence-electron chi connectivity index (χ2n) is 3.62. The number of nitrogens with two attached hydrogens (primary N) is 1. The zero-order chi connectivity index (χ0) is 10.7. The van der Waals surface area contributed by atoms with Crippen molar-refractivity contribution in [2.24, 2.45) is 12.8 Å². The van der Waals surface area contributed by atoms with E-state index in [2.05, 4.69) is 22.5 Å². The minimum absolute atomic E-state index is 0.0344. The Morgan fingerprint density at radius 2 is 2.47 bits per heavy atom. The maximum Gasteiger partial charge on any atom is 0.125 e. The molecule has 2 aromatic rings. The molecule has 0 aliphatic rings. The van der Waals surface area contributed by atoms with Crippen molar-refractivity contribution in [3.05, 3.63) is 40.6 Å². The lowest BCUT2D eigenvalue weighted by molar-refractivity contribution is 0.590. The third-order valence-electron chi connectivity index (χ3n) is 2.47. The Labute approximate surface area is 93.6 Å². The van der Waals surface area contributed by atoms with Crippen LogP contribution in [-0.2, 0) is 13.5 Å². The number of imidazole rings is 1. The minimum Gasteiger partial charge on any atom is -0.337 e. The molecule has 1 unspecified atom stereocenters. The molecular formula is C11H15N3S. The smallest absolute Gasteiger partial charge is 0.125 e. The summed E-state index contributed by atoms with van der Waals surface area (Å²) in [7, 11) is 1.98.